The number of benzene rings is 2. The maximum Gasteiger partial charge on any atom is 0.343 e. The molecule has 162 valence electrons. The maximum absolute atomic E-state index is 12.3. The second-order valence-corrected chi connectivity index (χ2v) is 7.28. The van der Waals surface area contributed by atoms with Gasteiger partial charge in [-0.15, -0.1) is 6.58 Å². The molecule has 0 bridgehead atoms. The molecule has 0 atom stereocenters. The summed E-state index contributed by atoms with van der Waals surface area (Å²) in [5.74, 6) is 1.66. The van der Waals surface area contributed by atoms with E-state index in [0.717, 1.165) is 50.0 Å². The Labute approximate surface area is 180 Å². The van der Waals surface area contributed by atoms with Crippen LogP contribution in [0.15, 0.2) is 61.2 Å². The topological polar surface area (TPSA) is 44.8 Å². The van der Waals surface area contributed by atoms with E-state index in [2.05, 4.69) is 13.5 Å². The number of rotatable bonds is 15. The molecule has 0 heterocycles. The third kappa shape index (κ3) is 9.17. The standard InChI is InChI=1S/C26H34O4/c1-3-5-7-8-9-11-21-29-24-16-18-25(19-17-24)30-26(27)22-12-14-23(15-13-22)28-20-10-6-4-2/h3,12-19H,1,4-11,20-21H2,2H3. The van der Waals surface area contributed by atoms with Gasteiger partial charge in [-0.2, -0.15) is 0 Å². The molecule has 2 rings (SSSR count). The molecule has 0 radical (unpaired) electrons. The quantitative estimate of drug-likeness (QED) is 0.137. The van der Waals surface area contributed by atoms with Crippen LogP contribution in [-0.4, -0.2) is 19.2 Å². The van der Waals surface area contributed by atoms with Crippen molar-refractivity contribution in [1.29, 1.82) is 0 Å². The van der Waals surface area contributed by atoms with Crippen molar-refractivity contribution in [2.75, 3.05) is 13.2 Å². The van der Waals surface area contributed by atoms with Gasteiger partial charge in [-0.3, -0.25) is 0 Å². The molecule has 0 amide bonds. The second kappa shape index (κ2) is 14.3. The molecular formula is C26H34O4. The Hall–Kier alpha value is -2.75. The number of hydrogen-bond acceptors (Lipinski definition) is 4. The lowest BCUT2D eigenvalue weighted by molar-refractivity contribution is 0.0734. The molecule has 0 saturated heterocycles. The summed E-state index contributed by atoms with van der Waals surface area (Å²) in [5.41, 5.74) is 0.493. The summed E-state index contributed by atoms with van der Waals surface area (Å²) in [6.45, 7) is 7.29. The van der Waals surface area contributed by atoms with Gasteiger partial charge in [0, 0.05) is 0 Å². The van der Waals surface area contributed by atoms with E-state index in [4.69, 9.17) is 14.2 Å². The highest BCUT2D eigenvalue weighted by Crippen LogP contribution is 2.20. The summed E-state index contributed by atoms with van der Waals surface area (Å²) in [6, 6.07) is 14.2. The lowest BCUT2D eigenvalue weighted by atomic mass is 10.1. The van der Waals surface area contributed by atoms with Crippen LogP contribution in [0.4, 0.5) is 0 Å². The Balaban J connectivity index is 1.71. The van der Waals surface area contributed by atoms with Gasteiger partial charge in [-0.1, -0.05) is 38.7 Å². The van der Waals surface area contributed by atoms with Gasteiger partial charge >= 0.3 is 5.97 Å². The van der Waals surface area contributed by atoms with Crippen molar-refractivity contribution in [3.63, 3.8) is 0 Å². The fourth-order valence-corrected chi connectivity index (χ4v) is 2.93. The first-order valence-electron chi connectivity index (χ1n) is 11.0. The number of hydrogen-bond donors (Lipinski definition) is 0. The van der Waals surface area contributed by atoms with Crippen molar-refractivity contribution < 1.29 is 19.0 Å². The molecule has 30 heavy (non-hydrogen) atoms. The van der Waals surface area contributed by atoms with Crippen LogP contribution in [0.3, 0.4) is 0 Å². The Morgan fingerprint density at radius 2 is 1.30 bits per heavy atom. The van der Waals surface area contributed by atoms with Crippen molar-refractivity contribution >= 4 is 5.97 Å². The summed E-state index contributed by atoms with van der Waals surface area (Å²) >= 11 is 0. The van der Waals surface area contributed by atoms with E-state index in [1.54, 1.807) is 36.4 Å². The van der Waals surface area contributed by atoms with E-state index in [9.17, 15) is 4.79 Å². The van der Waals surface area contributed by atoms with Gasteiger partial charge in [0.15, 0.2) is 0 Å². The fraction of sp³-hybridized carbons (Fsp3) is 0.423. The minimum Gasteiger partial charge on any atom is -0.494 e. The molecule has 0 spiro atoms. The Kier molecular flexibility index (Phi) is 11.2. The monoisotopic (exact) mass is 410 g/mol. The first kappa shape index (κ1) is 23.5. The zero-order valence-corrected chi connectivity index (χ0v) is 18.1. The number of allylic oxidation sites excluding steroid dienone is 1. The van der Waals surface area contributed by atoms with Crippen molar-refractivity contribution in [2.24, 2.45) is 0 Å². The molecule has 2 aromatic rings. The lowest BCUT2D eigenvalue weighted by Gasteiger charge is -2.09. The zero-order chi connectivity index (χ0) is 21.4. The predicted octanol–water partition coefficient (Wildman–Crippen LogP) is 6.99. The van der Waals surface area contributed by atoms with E-state index in [0.29, 0.717) is 24.5 Å². The van der Waals surface area contributed by atoms with Crippen molar-refractivity contribution in [3.05, 3.63) is 66.7 Å². The Morgan fingerprint density at radius 3 is 1.90 bits per heavy atom. The highest BCUT2D eigenvalue weighted by atomic mass is 16.5. The van der Waals surface area contributed by atoms with Crippen LogP contribution >= 0.6 is 0 Å². The molecule has 0 aromatic heterocycles. The lowest BCUT2D eigenvalue weighted by Crippen LogP contribution is -2.08. The second-order valence-electron chi connectivity index (χ2n) is 7.28. The Bertz CT molecular complexity index is 735. The largest absolute Gasteiger partial charge is 0.494 e. The van der Waals surface area contributed by atoms with Gasteiger partial charge in [0.25, 0.3) is 0 Å². The summed E-state index contributed by atoms with van der Waals surface area (Å²) in [7, 11) is 0. The highest BCUT2D eigenvalue weighted by Gasteiger charge is 2.09. The third-order valence-electron chi connectivity index (χ3n) is 4.71. The molecule has 4 heteroatoms. The molecule has 0 fully saturated rings. The minimum absolute atomic E-state index is 0.388. The molecule has 0 aliphatic heterocycles. The third-order valence-corrected chi connectivity index (χ3v) is 4.71. The van der Waals surface area contributed by atoms with Crippen LogP contribution < -0.4 is 14.2 Å². The normalized spacial score (nSPS) is 10.4. The average molecular weight is 411 g/mol. The van der Waals surface area contributed by atoms with Gasteiger partial charge in [0.2, 0.25) is 0 Å². The minimum atomic E-state index is -0.388. The molecule has 0 aliphatic carbocycles. The summed E-state index contributed by atoms with van der Waals surface area (Å²) in [5, 5.41) is 0. The Morgan fingerprint density at radius 1 is 0.767 bits per heavy atom. The van der Waals surface area contributed by atoms with Gasteiger partial charge in [-0.25, -0.2) is 4.79 Å². The van der Waals surface area contributed by atoms with Gasteiger partial charge in [0.1, 0.15) is 17.2 Å². The van der Waals surface area contributed by atoms with Crippen LogP contribution in [-0.2, 0) is 0 Å². The zero-order valence-electron chi connectivity index (χ0n) is 18.1. The SMILES string of the molecule is C=CCCCCCCOc1ccc(OC(=O)c2ccc(OCCCCC)cc2)cc1. The van der Waals surface area contributed by atoms with E-state index >= 15 is 0 Å². The predicted molar refractivity (Wildman–Crippen MR) is 122 cm³/mol. The first-order valence-corrected chi connectivity index (χ1v) is 11.0. The van der Waals surface area contributed by atoms with E-state index in [-0.39, 0.29) is 5.97 Å². The molecule has 0 N–H and O–H groups in total. The number of unbranched alkanes of at least 4 members (excludes halogenated alkanes) is 6. The van der Waals surface area contributed by atoms with Crippen LogP contribution in [0.2, 0.25) is 0 Å². The highest BCUT2D eigenvalue weighted by molar-refractivity contribution is 5.91. The van der Waals surface area contributed by atoms with Gasteiger partial charge in [-0.05, 0) is 74.2 Å². The van der Waals surface area contributed by atoms with Crippen LogP contribution in [0, 0.1) is 0 Å². The van der Waals surface area contributed by atoms with Crippen LogP contribution in [0.1, 0.15) is 68.6 Å². The smallest absolute Gasteiger partial charge is 0.343 e. The van der Waals surface area contributed by atoms with Gasteiger partial charge in [0.05, 0.1) is 18.8 Å². The van der Waals surface area contributed by atoms with E-state index in [1.807, 2.05) is 18.2 Å². The van der Waals surface area contributed by atoms with Crippen molar-refractivity contribution in [1.82, 2.24) is 0 Å². The molecular weight excluding hydrogens is 376 g/mol. The average Bonchev–Trinajstić information content (AvgIpc) is 2.77. The molecule has 2 aromatic carbocycles. The molecule has 0 saturated carbocycles. The van der Waals surface area contributed by atoms with Crippen LogP contribution in [0.25, 0.3) is 0 Å². The van der Waals surface area contributed by atoms with Crippen molar-refractivity contribution in [3.8, 4) is 17.2 Å². The van der Waals surface area contributed by atoms with E-state index < -0.39 is 0 Å². The van der Waals surface area contributed by atoms with Gasteiger partial charge < -0.3 is 14.2 Å². The molecule has 0 aliphatic rings. The van der Waals surface area contributed by atoms with E-state index in [1.165, 1.54) is 12.8 Å². The number of carbonyl (C=O) groups is 1. The fourth-order valence-electron chi connectivity index (χ4n) is 2.93. The van der Waals surface area contributed by atoms with Crippen molar-refractivity contribution in [2.45, 2.75) is 58.3 Å². The first-order chi connectivity index (χ1) is 14.7. The molecule has 4 nitrogen and oxygen atoms in total. The number of esters is 1. The summed E-state index contributed by atoms with van der Waals surface area (Å²) in [6.07, 6.45) is 11.0. The number of ether oxygens (including phenoxy) is 3. The van der Waals surface area contributed by atoms with Crippen LogP contribution in [0.5, 0.6) is 17.2 Å². The summed E-state index contributed by atoms with van der Waals surface area (Å²) < 4.78 is 16.9. The number of carbonyl (C=O) groups excluding carboxylic acids is 1. The maximum atomic E-state index is 12.3. The molecule has 0 unspecified atom stereocenters. The summed E-state index contributed by atoms with van der Waals surface area (Å²) in [4.78, 5) is 12.3.